The standard InChI is InChI=1S/C12H13ClN2O5S.K/c1-2-12(16)15-6-5-10(14-20-21(17,18)19)9-7-8(13)3-4-11(9)15;/h3-4,7H,2,5-6H2,1H3,(H,17,18,19);/q;+1/p-1/b14-10-;. The summed E-state index contributed by atoms with van der Waals surface area (Å²) in [6.45, 7) is 2.07. The summed E-state index contributed by atoms with van der Waals surface area (Å²) in [6, 6.07) is 4.81. The molecule has 7 nitrogen and oxygen atoms in total. The minimum atomic E-state index is -4.92. The van der Waals surface area contributed by atoms with Gasteiger partial charge in [0.25, 0.3) is 10.4 Å². The van der Waals surface area contributed by atoms with E-state index in [1.165, 1.54) is 0 Å². The summed E-state index contributed by atoms with van der Waals surface area (Å²) < 4.78 is 35.4. The average molecular weight is 371 g/mol. The Morgan fingerprint density at radius 3 is 2.77 bits per heavy atom. The van der Waals surface area contributed by atoms with Crippen LogP contribution in [0.15, 0.2) is 23.4 Å². The Morgan fingerprint density at radius 2 is 2.18 bits per heavy atom. The molecule has 0 fully saturated rings. The first-order valence-corrected chi connectivity index (χ1v) is 7.84. The summed E-state index contributed by atoms with van der Waals surface area (Å²) in [5.74, 6) is -0.0741. The Bertz CT molecular complexity index is 707. The number of halogens is 1. The van der Waals surface area contributed by atoms with Crippen LogP contribution in [0.3, 0.4) is 0 Å². The van der Waals surface area contributed by atoms with Gasteiger partial charge in [0.15, 0.2) is 0 Å². The predicted octanol–water partition coefficient (Wildman–Crippen LogP) is -1.33. The van der Waals surface area contributed by atoms with E-state index in [9.17, 15) is 17.8 Å². The quantitative estimate of drug-likeness (QED) is 0.284. The number of nitrogens with zero attached hydrogens (tertiary/aromatic N) is 2. The molecule has 0 N–H and O–H groups in total. The zero-order chi connectivity index (χ0) is 15.6. The maximum atomic E-state index is 11.9. The number of fused-ring (bicyclic) bond motifs is 1. The van der Waals surface area contributed by atoms with Gasteiger partial charge in [0.1, 0.15) is 0 Å². The molecule has 2 rings (SSSR count). The Balaban J connectivity index is 0.00000242. The van der Waals surface area contributed by atoms with Gasteiger partial charge in [-0.05, 0) is 18.2 Å². The van der Waals surface area contributed by atoms with Gasteiger partial charge in [-0.2, -0.15) is 8.42 Å². The van der Waals surface area contributed by atoms with Crippen molar-refractivity contribution in [2.75, 3.05) is 11.4 Å². The molecule has 1 heterocycles. The summed E-state index contributed by atoms with van der Waals surface area (Å²) in [7, 11) is -4.92. The zero-order valence-corrected chi connectivity index (χ0v) is 16.8. The Hall–Kier alpha value is -0.00364. The number of carbonyl (C=O) groups is 1. The largest absolute Gasteiger partial charge is 1.00 e. The van der Waals surface area contributed by atoms with E-state index >= 15 is 0 Å². The molecule has 0 aromatic heterocycles. The Kier molecular flexibility index (Phi) is 7.47. The number of amides is 1. The molecule has 0 aliphatic carbocycles. The van der Waals surface area contributed by atoms with Gasteiger partial charge in [-0.3, -0.25) is 9.08 Å². The van der Waals surface area contributed by atoms with E-state index in [4.69, 9.17) is 11.6 Å². The number of anilines is 1. The van der Waals surface area contributed by atoms with E-state index in [0.717, 1.165) is 0 Å². The molecule has 1 aromatic rings. The molecule has 0 saturated heterocycles. The van der Waals surface area contributed by atoms with Gasteiger partial charge in [-0.1, -0.05) is 23.7 Å². The molecule has 22 heavy (non-hydrogen) atoms. The van der Waals surface area contributed by atoms with Crippen molar-refractivity contribution in [3.8, 4) is 0 Å². The van der Waals surface area contributed by atoms with E-state index in [1.807, 2.05) is 0 Å². The number of carbonyl (C=O) groups excluding carboxylic acids is 1. The van der Waals surface area contributed by atoms with Crippen molar-refractivity contribution in [1.29, 1.82) is 0 Å². The maximum absolute atomic E-state index is 11.9. The molecular formula is C12H12ClKN2O5S. The Labute approximate surface area is 176 Å². The van der Waals surface area contributed by atoms with Crippen LogP contribution < -0.4 is 56.3 Å². The van der Waals surface area contributed by atoms with Crippen LogP contribution in [-0.4, -0.2) is 31.1 Å². The van der Waals surface area contributed by atoms with E-state index < -0.39 is 10.4 Å². The third-order valence-electron chi connectivity index (χ3n) is 2.97. The minimum absolute atomic E-state index is 0. The molecule has 1 aliphatic rings. The molecular weight excluding hydrogens is 359 g/mol. The number of rotatable bonds is 3. The summed E-state index contributed by atoms with van der Waals surface area (Å²) in [5.41, 5.74) is 1.29. The van der Waals surface area contributed by atoms with Crippen molar-refractivity contribution in [2.45, 2.75) is 19.8 Å². The molecule has 114 valence electrons. The normalized spacial score (nSPS) is 16.0. The average Bonchev–Trinajstić information content (AvgIpc) is 2.42. The molecule has 1 amide bonds. The molecule has 1 aromatic carbocycles. The second kappa shape index (κ2) is 8.20. The first-order chi connectivity index (χ1) is 9.81. The van der Waals surface area contributed by atoms with E-state index in [1.54, 1.807) is 30.0 Å². The van der Waals surface area contributed by atoms with Crippen molar-refractivity contribution in [3.05, 3.63) is 28.8 Å². The third-order valence-corrected chi connectivity index (χ3v) is 3.47. The van der Waals surface area contributed by atoms with Crippen LogP contribution in [0.4, 0.5) is 5.69 Å². The van der Waals surface area contributed by atoms with Crippen molar-refractivity contribution < 1.29 is 73.4 Å². The van der Waals surface area contributed by atoms with Crippen LogP contribution in [0.25, 0.3) is 0 Å². The van der Waals surface area contributed by atoms with Crippen molar-refractivity contribution in [1.82, 2.24) is 0 Å². The van der Waals surface area contributed by atoms with Gasteiger partial charge in [0, 0.05) is 30.0 Å². The van der Waals surface area contributed by atoms with Gasteiger partial charge in [-0.25, -0.2) is 0 Å². The number of hydrogen-bond donors (Lipinski definition) is 0. The molecule has 10 heteroatoms. The summed E-state index contributed by atoms with van der Waals surface area (Å²) in [5, 5.41) is 3.78. The van der Waals surface area contributed by atoms with Gasteiger partial charge in [0.05, 0.1) is 11.4 Å². The second-order valence-electron chi connectivity index (χ2n) is 4.33. The monoisotopic (exact) mass is 370 g/mol. The van der Waals surface area contributed by atoms with Crippen LogP contribution in [0.5, 0.6) is 0 Å². The topological polar surface area (TPSA) is 99.1 Å². The van der Waals surface area contributed by atoms with Gasteiger partial charge >= 0.3 is 51.4 Å². The molecule has 0 spiro atoms. The van der Waals surface area contributed by atoms with Gasteiger partial charge < -0.3 is 9.45 Å². The number of oxime groups is 1. The first-order valence-electron chi connectivity index (χ1n) is 6.13. The predicted molar refractivity (Wildman–Crippen MR) is 76.0 cm³/mol. The van der Waals surface area contributed by atoms with E-state index in [2.05, 4.69) is 9.44 Å². The van der Waals surface area contributed by atoms with E-state index in [0.29, 0.717) is 29.2 Å². The fourth-order valence-corrected chi connectivity index (χ4v) is 2.44. The SMILES string of the molecule is CCC(=O)N1CC/C(=N/OS(=O)(=O)[O-])c2cc(Cl)ccc21.[K+]. The van der Waals surface area contributed by atoms with Crippen LogP contribution >= 0.6 is 11.6 Å². The fourth-order valence-electron chi connectivity index (χ4n) is 2.08. The molecule has 0 saturated carbocycles. The van der Waals surface area contributed by atoms with Crippen molar-refractivity contribution >= 4 is 39.3 Å². The smallest absolute Gasteiger partial charge is 0.714 e. The molecule has 1 aliphatic heterocycles. The first kappa shape index (κ1) is 20.0. The summed E-state index contributed by atoms with van der Waals surface area (Å²) >= 11 is 5.91. The minimum Gasteiger partial charge on any atom is -0.714 e. The second-order valence-corrected chi connectivity index (χ2v) is 5.73. The van der Waals surface area contributed by atoms with Crippen LogP contribution in [0.1, 0.15) is 25.3 Å². The van der Waals surface area contributed by atoms with E-state index in [-0.39, 0.29) is 69.4 Å². The van der Waals surface area contributed by atoms with Crippen LogP contribution in [0, 0.1) is 0 Å². The molecule has 0 atom stereocenters. The van der Waals surface area contributed by atoms with Gasteiger partial charge in [0.2, 0.25) is 5.91 Å². The zero-order valence-electron chi connectivity index (χ0n) is 12.1. The van der Waals surface area contributed by atoms with Crippen molar-refractivity contribution in [3.63, 3.8) is 0 Å². The van der Waals surface area contributed by atoms with Gasteiger partial charge in [-0.15, -0.1) is 0 Å². The van der Waals surface area contributed by atoms with Crippen LogP contribution in [0.2, 0.25) is 5.02 Å². The third kappa shape index (κ3) is 5.00. The molecule has 0 bridgehead atoms. The Morgan fingerprint density at radius 1 is 1.50 bits per heavy atom. The number of hydrogen-bond acceptors (Lipinski definition) is 6. The van der Waals surface area contributed by atoms with Crippen LogP contribution in [-0.2, 0) is 19.5 Å². The maximum Gasteiger partial charge on any atom is 1.00 e. The van der Waals surface area contributed by atoms with Crippen molar-refractivity contribution in [2.24, 2.45) is 5.16 Å². The molecule has 0 unspecified atom stereocenters. The fraction of sp³-hybridized carbons (Fsp3) is 0.333. The summed E-state index contributed by atoms with van der Waals surface area (Å²) in [4.78, 5) is 13.5. The molecule has 0 radical (unpaired) electrons. The summed E-state index contributed by atoms with van der Waals surface area (Å²) in [6.07, 6.45) is 0.592. The number of benzene rings is 1.